The molecule has 2 saturated heterocycles. The number of fused-ring (bicyclic) bond motifs is 12. The highest BCUT2D eigenvalue weighted by Crippen LogP contribution is 2.60. The first-order valence-corrected chi connectivity index (χ1v) is 46.0. The Morgan fingerprint density at radius 3 is 1.28 bits per heavy atom. The molecule has 8 aliphatic carbocycles. The number of likely N-dealkylation sites (N-methyl/N-ethyl adjacent to an activating group) is 2. The van der Waals surface area contributed by atoms with Crippen LogP contribution in [0.3, 0.4) is 0 Å². The van der Waals surface area contributed by atoms with Crippen molar-refractivity contribution >= 4 is 100 Å². The number of carbonyl (C=O) groups is 8. The lowest BCUT2D eigenvalue weighted by Crippen LogP contribution is -2.47. The van der Waals surface area contributed by atoms with Gasteiger partial charge in [0.1, 0.15) is 37.6 Å². The number of anilines is 2. The molecular formula is C88H112N8O18S2. The minimum absolute atomic E-state index is 0.0792. The van der Waals surface area contributed by atoms with E-state index < -0.39 is 89.3 Å². The van der Waals surface area contributed by atoms with Crippen molar-refractivity contribution in [3.63, 3.8) is 0 Å². The Kier molecular flexibility index (Phi) is 21.9. The first-order chi connectivity index (χ1) is 55.6. The Labute approximate surface area is 679 Å². The van der Waals surface area contributed by atoms with E-state index in [0.29, 0.717) is 100 Å². The van der Waals surface area contributed by atoms with Crippen LogP contribution in [0.4, 0.5) is 11.4 Å². The number of Topliss-reactive ketones (excluding diaryl/α,β-unsaturated/α-hetero) is 2. The smallest absolute Gasteiger partial charge is 0.306 e. The molecule has 116 heavy (non-hydrogen) atoms. The van der Waals surface area contributed by atoms with Gasteiger partial charge >= 0.3 is 11.9 Å². The average molecular weight is 1630 g/mol. The van der Waals surface area contributed by atoms with Crippen LogP contribution >= 0.6 is 0 Å². The van der Waals surface area contributed by atoms with Crippen LogP contribution in [0.5, 0.6) is 23.3 Å². The van der Waals surface area contributed by atoms with Gasteiger partial charge in [0.05, 0.1) is 95.6 Å². The van der Waals surface area contributed by atoms with E-state index in [1.807, 2.05) is 88.6 Å². The fourth-order valence-corrected chi connectivity index (χ4v) is 23.7. The zero-order valence-corrected chi connectivity index (χ0v) is 69.2. The van der Waals surface area contributed by atoms with Gasteiger partial charge in [-0.2, -0.15) is 0 Å². The van der Waals surface area contributed by atoms with E-state index in [-0.39, 0.29) is 135 Å². The number of benzene rings is 2. The van der Waals surface area contributed by atoms with Crippen LogP contribution in [-0.4, -0.2) is 184 Å². The fraction of sp³-hybridized carbons (Fsp3) is 0.659. The maximum Gasteiger partial charge on any atom is 0.306 e. The van der Waals surface area contributed by atoms with E-state index in [9.17, 15) is 45.6 Å². The molecule has 0 spiro atoms. The minimum Gasteiger partial charge on any atom is -0.489 e. The Morgan fingerprint density at radius 2 is 0.897 bits per heavy atom. The molecule has 2 N–H and O–H groups in total. The molecule has 10 fully saturated rings. The third-order valence-corrected chi connectivity index (χ3v) is 32.1. The van der Waals surface area contributed by atoms with Gasteiger partial charge in [-0.3, -0.25) is 47.8 Å². The zero-order chi connectivity index (χ0) is 81.0. The van der Waals surface area contributed by atoms with Crippen LogP contribution in [0.25, 0.3) is 21.5 Å². The number of hydrogen-bond donors (Lipinski definition) is 2. The number of nitrogens with zero attached hydrogens (tertiary/aromatic N) is 6. The second-order valence-corrected chi connectivity index (χ2v) is 41.2. The molecule has 0 radical (unpaired) electrons. The van der Waals surface area contributed by atoms with Gasteiger partial charge in [0, 0.05) is 73.7 Å². The molecule has 2 aromatic heterocycles. The SMILES string of the molecule is C[C@@H]1CC/C=C\[C@@H]2C[C@@]2(C(=O)NS(=O)(=O)C2CC2)CC(=O)[C@@H]2C[C@@H](Oc3nccc4c5c(ccc34)N(C)CCO5)CN2C(=O)[C@@H](CC(=O)OC2C[C@@H]3C[C@@H]3C2)[C@H](C)C1.C[C@H]1CC/C=C\[C@@H]2C[C@@]2(C(=O)NS(=O)(=O)C2CC2)CC(=O)[C@@H]2C[C@@H](Oc3nccc4c5c(ccc34)N(C)CCO5)CN2C(=O)[C@@H](CC(=O)OC2C[C@@H]3C[C@@H]3C2)[C@H](C)C1. The second kappa shape index (κ2) is 31.7. The highest BCUT2D eigenvalue weighted by molar-refractivity contribution is 7.91. The highest BCUT2D eigenvalue weighted by atomic mass is 32.2. The van der Waals surface area contributed by atoms with Crippen molar-refractivity contribution in [2.75, 3.05) is 63.3 Å². The predicted molar refractivity (Wildman–Crippen MR) is 431 cm³/mol. The third-order valence-electron chi connectivity index (χ3n) is 28.5. The topological polar surface area (TPSA) is 323 Å². The van der Waals surface area contributed by atoms with E-state index in [0.717, 1.165) is 109 Å². The maximum absolute atomic E-state index is 15.0. The molecule has 26 nitrogen and oxygen atoms in total. The normalized spacial score (nSPS) is 35.3. The molecule has 14 aliphatic rings. The van der Waals surface area contributed by atoms with Crippen LogP contribution in [-0.2, 0) is 67.9 Å². The lowest BCUT2D eigenvalue weighted by Gasteiger charge is -2.32. The van der Waals surface area contributed by atoms with E-state index in [4.69, 9.17) is 28.4 Å². The lowest BCUT2D eigenvalue weighted by molar-refractivity contribution is -0.155. The Bertz CT molecular complexity index is 4560. The quantitative estimate of drug-likeness (QED) is 0.0777. The van der Waals surface area contributed by atoms with Crippen molar-refractivity contribution in [1.82, 2.24) is 29.2 Å². The standard InChI is InChI=1S/2C44H56N4O9S/c2*1-25-6-4-5-7-29-22-44(29,43(52)46-58(53,54)32-8-9-32)23-38(49)37-20-31(57-41-34-10-11-36-40(33(34)12-13-45-41)55-15-14-47(36)3)24-48(37)42(51)35(26(2)16-25)21-39(50)56-30-18-27-17-28(27)19-30/h2*5,7,10-13,25-32,35,37H,4,6,8-9,14-24H2,1-3H3,(H,46,52)/b2*7-5-/t25-,26+,27-,28+,29+,30?,31+,35-,37-,44+;25-,26-,27-,28+,29-,30?,31-,35+,37+,44-/m01/s1. The molecule has 20 atom stereocenters. The number of rotatable bonds is 16. The molecule has 4 amide bonds. The fourth-order valence-electron chi connectivity index (χ4n) is 20.9. The molecule has 4 aromatic rings. The molecule has 6 aliphatic heterocycles. The second-order valence-electron chi connectivity index (χ2n) is 37.3. The van der Waals surface area contributed by atoms with E-state index in [1.165, 1.54) is 12.8 Å². The number of carbonyl (C=O) groups excluding carboxylic acids is 8. The molecule has 624 valence electrons. The van der Waals surface area contributed by atoms with Crippen LogP contribution in [0.15, 0.2) is 73.1 Å². The number of aromatic nitrogens is 2. The van der Waals surface area contributed by atoms with E-state index >= 15 is 9.59 Å². The Balaban J connectivity index is 0.000000167. The maximum atomic E-state index is 15.0. The van der Waals surface area contributed by atoms with Gasteiger partial charge in [-0.05, 0) is 211 Å². The molecule has 0 bridgehead atoms. The summed E-state index contributed by atoms with van der Waals surface area (Å²) in [6, 6.07) is 9.72. The van der Waals surface area contributed by atoms with Crippen LogP contribution in [0.2, 0.25) is 0 Å². The van der Waals surface area contributed by atoms with Gasteiger partial charge in [0.25, 0.3) is 0 Å². The van der Waals surface area contributed by atoms with Crippen molar-refractivity contribution in [2.45, 2.75) is 229 Å². The van der Waals surface area contributed by atoms with Crippen molar-refractivity contribution in [2.24, 2.45) is 81.8 Å². The lowest BCUT2D eigenvalue weighted by atomic mass is 9.82. The van der Waals surface area contributed by atoms with E-state index in [2.05, 4.69) is 43.1 Å². The molecular weight excluding hydrogens is 1520 g/mol. The van der Waals surface area contributed by atoms with Crippen molar-refractivity contribution in [3.8, 4) is 23.3 Å². The Morgan fingerprint density at radius 1 is 0.500 bits per heavy atom. The monoisotopic (exact) mass is 1630 g/mol. The van der Waals surface area contributed by atoms with Crippen LogP contribution in [0, 0.1) is 81.8 Å². The molecule has 2 unspecified atom stereocenters. The summed E-state index contributed by atoms with van der Waals surface area (Å²) in [6.45, 7) is 11.1. The molecule has 8 heterocycles. The molecule has 8 saturated carbocycles. The largest absolute Gasteiger partial charge is 0.489 e. The number of ether oxygens (including phenoxy) is 6. The number of pyridine rings is 2. The minimum atomic E-state index is -3.85. The summed E-state index contributed by atoms with van der Waals surface area (Å²) in [4.78, 5) is 131. The Hall–Kier alpha value is -8.40. The number of amides is 4. The van der Waals surface area contributed by atoms with Gasteiger partial charge < -0.3 is 48.0 Å². The number of allylic oxidation sites excluding steroid dienone is 4. The third kappa shape index (κ3) is 16.6. The van der Waals surface area contributed by atoms with Crippen LogP contribution in [0.1, 0.15) is 182 Å². The number of esters is 2. The first kappa shape index (κ1) is 80.0. The number of hydrogen-bond acceptors (Lipinski definition) is 22. The molecule has 18 rings (SSSR count). The average Bonchev–Trinajstić information content (AvgIpc) is 1.56. The summed E-state index contributed by atoms with van der Waals surface area (Å²) in [5.74, 6) is -0.549. The van der Waals surface area contributed by atoms with Gasteiger partial charge in [-0.1, -0.05) is 52.0 Å². The number of nitrogens with one attached hydrogen (secondary N) is 2. The van der Waals surface area contributed by atoms with E-state index in [1.54, 1.807) is 22.2 Å². The van der Waals surface area contributed by atoms with Gasteiger partial charge in [0.15, 0.2) is 23.1 Å². The van der Waals surface area contributed by atoms with Crippen molar-refractivity contribution in [3.05, 3.63) is 73.1 Å². The van der Waals surface area contributed by atoms with Gasteiger partial charge in [0.2, 0.25) is 55.4 Å². The van der Waals surface area contributed by atoms with Crippen molar-refractivity contribution < 1.29 is 83.6 Å². The summed E-state index contributed by atoms with van der Waals surface area (Å²) >= 11 is 0. The summed E-state index contributed by atoms with van der Waals surface area (Å²) in [7, 11) is -3.66. The highest BCUT2D eigenvalue weighted by Gasteiger charge is 2.64. The summed E-state index contributed by atoms with van der Waals surface area (Å²) in [5.41, 5.74) is -0.547. The van der Waals surface area contributed by atoms with Crippen LogP contribution < -0.4 is 38.2 Å². The molecule has 28 heteroatoms. The molecule has 2 aromatic carbocycles. The number of sulfonamides is 2. The summed E-state index contributed by atoms with van der Waals surface area (Å²) in [6.07, 6.45) is 22.7. The van der Waals surface area contributed by atoms with Gasteiger partial charge in [-0.15, -0.1) is 0 Å². The summed E-state index contributed by atoms with van der Waals surface area (Å²) < 4.78 is 94.0. The predicted octanol–water partition coefficient (Wildman–Crippen LogP) is 10.7. The van der Waals surface area contributed by atoms with Crippen molar-refractivity contribution in [1.29, 1.82) is 0 Å². The number of ketones is 2. The zero-order valence-electron chi connectivity index (χ0n) is 67.5. The first-order valence-electron chi connectivity index (χ1n) is 42.9. The summed E-state index contributed by atoms with van der Waals surface area (Å²) in [5, 5.41) is 1.99. The van der Waals surface area contributed by atoms with Gasteiger partial charge in [-0.25, -0.2) is 26.8 Å².